The second-order valence-electron chi connectivity index (χ2n) is 9.90. The number of halogens is 4. The lowest BCUT2D eigenvalue weighted by Crippen LogP contribution is -2.49. The van der Waals surface area contributed by atoms with Crippen molar-refractivity contribution in [3.05, 3.63) is 53.7 Å². The van der Waals surface area contributed by atoms with Crippen molar-refractivity contribution in [1.82, 2.24) is 14.6 Å². The Morgan fingerprint density at radius 3 is 2.71 bits per heavy atom. The highest BCUT2D eigenvalue weighted by molar-refractivity contribution is 8.00. The Balaban J connectivity index is 1.58. The third-order valence-corrected chi connectivity index (χ3v) is 7.59. The maximum absolute atomic E-state index is 15.0. The zero-order valence-corrected chi connectivity index (χ0v) is 24.2. The first-order valence-electron chi connectivity index (χ1n) is 13.3. The van der Waals surface area contributed by atoms with Gasteiger partial charge in [0, 0.05) is 50.2 Å². The summed E-state index contributed by atoms with van der Waals surface area (Å²) in [6.07, 6.45) is 0.208. The van der Waals surface area contributed by atoms with Crippen molar-refractivity contribution in [3.8, 4) is 17.6 Å². The number of nitrogens with one attached hydrogen (secondary N) is 3. The molecular formula is C29H33F4N5O3S. The summed E-state index contributed by atoms with van der Waals surface area (Å²) in [6, 6.07) is 9.18. The highest BCUT2D eigenvalue weighted by atomic mass is 32.2. The van der Waals surface area contributed by atoms with Gasteiger partial charge < -0.3 is 30.2 Å². The van der Waals surface area contributed by atoms with Gasteiger partial charge in [0.2, 0.25) is 0 Å². The number of β-amino-alcohol motifs (C(OH)–C–C–N with tert-alkyl or cyclic N) is 1. The van der Waals surface area contributed by atoms with Crippen molar-refractivity contribution in [2.75, 3.05) is 51.0 Å². The molecule has 3 aromatic rings. The van der Waals surface area contributed by atoms with E-state index in [2.05, 4.69) is 27.8 Å². The van der Waals surface area contributed by atoms with Crippen molar-refractivity contribution in [3.63, 3.8) is 0 Å². The molecular weight excluding hydrogens is 574 g/mol. The number of nitrogens with zero attached hydrogens (tertiary/aromatic N) is 2. The Morgan fingerprint density at radius 2 is 2.05 bits per heavy atom. The van der Waals surface area contributed by atoms with Crippen molar-refractivity contribution >= 4 is 34.6 Å². The van der Waals surface area contributed by atoms with Gasteiger partial charge in [-0.05, 0) is 49.7 Å². The molecule has 0 spiro atoms. The number of likely N-dealkylation sites (tertiary alicyclic amines) is 1. The molecule has 1 amide bonds. The molecule has 4 N–H and O–H groups in total. The van der Waals surface area contributed by atoms with Crippen LogP contribution in [0.25, 0.3) is 5.52 Å². The number of fused-ring (bicyclic) bond motifs is 1. The van der Waals surface area contributed by atoms with Crippen LogP contribution in [-0.4, -0.2) is 84.5 Å². The van der Waals surface area contributed by atoms with E-state index in [0.717, 1.165) is 0 Å². The van der Waals surface area contributed by atoms with Gasteiger partial charge in [-0.2, -0.15) is 13.2 Å². The number of pyridine rings is 1. The standard InChI is InChI=1S/C29H33F4N5O3S/c1-18(39)16-37-13-10-22(21(30)17-37)36-23-7-5-12-38-25(23)15-20(28(38)42-29(31,32)33)6-4-11-35-24-14-19(27(40)34-2)8-9-26(24)41-3/h5,7-9,12,14-15,18,21-22,35-36,39H,10-11,13,16-17H2,1-3H3,(H,34,40)/t18-,21+,22-/m1/s1. The average molecular weight is 608 g/mol. The number of thioether (sulfide) groups is 1. The Kier molecular flexibility index (Phi) is 10.1. The lowest BCUT2D eigenvalue weighted by atomic mass is 10.0. The molecule has 8 nitrogen and oxygen atoms in total. The molecule has 0 bridgehead atoms. The number of carbonyl (C=O) groups excluding carboxylic acids is 1. The van der Waals surface area contributed by atoms with Gasteiger partial charge in [0.1, 0.15) is 16.9 Å². The largest absolute Gasteiger partial charge is 0.495 e. The number of carbonyl (C=O) groups is 1. The van der Waals surface area contributed by atoms with Crippen LogP contribution < -0.4 is 20.7 Å². The molecule has 0 aliphatic carbocycles. The second-order valence-corrected chi connectivity index (χ2v) is 11.0. The summed E-state index contributed by atoms with van der Waals surface area (Å²) >= 11 is -0.264. The van der Waals surface area contributed by atoms with E-state index < -0.39 is 23.8 Å². The van der Waals surface area contributed by atoms with Gasteiger partial charge >= 0.3 is 5.51 Å². The summed E-state index contributed by atoms with van der Waals surface area (Å²) in [5.74, 6) is 5.90. The fourth-order valence-corrected chi connectivity index (χ4v) is 5.58. The quantitative estimate of drug-likeness (QED) is 0.161. The van der Waals surface area contributed by atoms with Crippen LogP contribution >= 0.6 is 11.8 Å². The predicted octanol–water partition coefficient (Wildman–Crippen LogP) is 4.59. The number of aromatic nitrogens is 1. The van der Waals surface area contributed by atoms with Gasteiger partial charge in [0.25, 0.3) is 5.91 Å². The number of aliphatic hydroxyl groups excluding tert-OH is 1. The Bertz CT molecular complexity index is 1470. The first-order chi connectivity index (χ1) is 20.0. The first kappa shape index (κ1) is 31.3. The van der Waals surface area contributed by atoms with Gasteiger partial charge in [-0.15, -0.1) is 0 Å². The number of rotatable bonds is 9. The highest BCUT2D eigenvalue weighted by Gasteiger charge is 2.33. The van der Waals surface area contributed by atoms with E-state index in [1.165, 1.54) is 24.8 Å². The van der Waals surface area contributed by atoms with E-state index in [1.807, 2.05) is 4.90 Å². The number of aliphatic hydroxyl groups is 1. The molecule has 2 aromatic heterocycles. The minimum absolute atomic E-state index is 0.0650. The van der Waals surface area contributed by atoms with Crippen LogP contribution in [-0.2, 0) is 0 Å². The third kappa shape index (κ3) is 7.81. The van der Waals surface area contributed by atoms with E-state index in [-0.39, 0.29) is 41.3 Å². The van der Waals surface area contributed by atoms with E-state index in [0.29, 0.717) is 47.7 Å². The lowest BCUT2D eigenvalue weighted by molar-refractivity contribution is -0.0329. The SMILES string of the molecule is CNC(=O)c1ccc(OC)c(NCC#Cc2cc3c(N[C@@H]4CCN(C[C@@H](C)O)C[C@@H]4F)cccn3c2SC(F)(F)F)c1. The van der Waals surface area contributed by atoms with Gasteiger partial charge in [-0.1, -0.05) is 11.8 Å². The maximum atomic E-state index is 15.0. The molecule has 1 fully saturated rings. The molecule has 42 heavy (non-hydrogen) atoms. The van der Waals surface area contributed by atoms with Crippen molar-refractivity contribution in [2.24, 2.45) is 0 Å². The number of ether oxygens (including phenoxy) is 1. The van der Waals surface area contributed by atoms with Gasteiger partial charge in [0.15, 0.2) is 0 Å². The molecule has 1 aliphatic rings. The summed E-state index contributed by atoms with van der Waals surface area (Å²) in [5, 5.41) is 18.3. The maximum Gasteiger partial charge on any atom is 0.447 e. The van der Waals surface area contributed by atoms with Crippen LogP contribution in [0.1, 0.15) is 29.3 Å². The minimum atomic E-state index is -4.55. The molecule has 3 heterocycles. The molecule has 0 unspecified atom stereocenters. The van der Waals surface area contributed by atoms with E-state index in [1.54, 1.807) is 43.3 Å². The predicted molar refractivity (Wildman–Crippen MR) is 156 cm³/mol. The van der Waals surface area contributed by atoms with Gasteiger partial charge in [-0.25, -0.2) is 4.39 Å². The van der Waals surface area contributed by atoms with E-state index in [9.17, 15) is 23.1 Å². The molecule has 0 radical (unpaired) electrons. The van der Waals surface area contributed by atoms with Gasteiger partial charge in [-0.3, -0.25) is 9.69 Å². The van der Waals surface area contributed by atoms with Crippen LogP contribution in [0.4, 0.5) is 28.9 Å². The second kappa shape index (κ2) is 13.6. The summed E-state index contributed by atoms with van der Waals surface area (Å²) in [7, 11) is 3.00. The number of benzene rings is 1. The van der Waals surface area contributed by atoms with Gasteiger partial charge in [0.05, 0.1) is 48.3 Å². The Labute approximate surface area is 245 Å². The number of hydrogen-bond donors (Lipinski definition) is 4. The summed E-state index contributed by atoms with van der Waals surface area (Å²) in [4.78, 5) is 13.9. The minimum Gasteiger partial charge on any atom is -0.495 e. The van der Waals surface area contributed by atoms with Crippen molar-refractivity contribution in [2.45, 2.75) is 42.2 Å². The van der Waals surface area contributed by atoms with Crippen LogP contribution in [0.3, 0.4) is 0 Å². The zero-order valence-electron chi connectivity index (χ0n) is 23.4. The molecule has 1 saturated heterocycles. The molecule has 3 atom stereocenters. The average Bonchev–Trinajstić information content (AvgIpc) is 3.28. The molecule has 13 heteroatoms. The summed E-state index contributed by atoms with van der Waals surface area (Å²) in [6.45, 7) is 2.84. The lowest BCUT2D eigenvalue weighted by Gasteiger charge is -2.36. The van der Waals surface area contributed by atoms with Crippen LogP contribution in [0.15, 0.2) is 47.6 Å². The molecule has 1 aliphatic heterocycles. The smallest absolute Gasteiger partial charge is 0.447 e. The summed E-state index contributed by atoms with van der Waals surface area (Å²) < 4.78 is 62.4. The molecule has 226 valence electrons. The number of methoxy groups -OCH3 is 1. The monoisotopic (exact) mass is 607 g/mol. The Hall–Kier alpha value is -3.60. The first-order valence-corrected chi connectivity index (χ1v) is 14.1. The fourth-order valence-electron chi connectivity index (χ4n) is 4.88. The van der Waals surface area contributed by atoms with Crippen molar-refractivity contribution in [1.29, 1.82) is 0 Å². The molecule has 4 rings (SSSR count). The number of piperidine rings is 1. The van der Waals surface area contributed by atoms with Crippen LogP contribution in [0.5, 0.6) is 5.75 Å². The Morgan fingerprint density at radius 1 is 1.26 bits per heavy atom. The molecule has 1 aromatic carbocycles. The number of alkyl halides is 4. The van der Waals surface area contributed by atoms with E-state index >= 15 is 4.39 Å². The van der Waals surface area contributed by atoms with Crippen LogP contribution in [0.2, 0.25) is 0 Å². The summed E-state index contributed by atoms with van der Waals surface area (Å²) in [5.41, 5.74) is -2.53. The van der Waals surface area contributed by atoms with Crippen molar-refractivity contribution < 1.29 is 32.2 Å². The van der Waals surface area contributed by atoms with E-state index in [4.69, 9.17) is 4.74 Å². The normalized spacial score (nSPS) is 18.2. The molecule has 0 saturated carbocycles. The number of anilines is 2. The highest BCUT2D eigenvalue weighted by Crippen LogP contribution is 2.41. The van der Waals surface area contributed by atoms with Crippen LogP contribution in [0, 0.1) is 11.8 Å². The fraction of sp³-hybridized carbons (Fsp3) is 0.414. The number of amides is 1. The number of hydrogen-bond acceptors (Lipinski definition) is 7. The topological polar surface area (TPSA) is 90.3 Å². The third-order valence-electron chi connectivity index (χ3n) is 6.74. The zero-order chi connectivity index (χ0) is 30.4.